The molecule has 16 heavy (non-hydrogen) atoms. The average molecular weight is 286 g/mol. The third-order valence-electron chi connectivity index (χ3n) is 2.26. The normalized spacial score (nSPS) is 12.0. The third kappa shape index (κ3) is 3.23. The van der Waals surface area contributed by atoms with Crippen LogP contribution < -0.4 is 10.1 Å². The number of alkyl halides is 1. The fourth-order valence-corrected chi connectivity index (χ4v) is 1.41. The SMILES string of the molecule is CCC(Br)C(=O)Nc1ccc(C)cc1OC. The van der Waals surface area contributed by atoms with E-state index in [9.17, 15) is 4.79 Å². The fourth-order valence-electron chi connectivity index (χ4n) is 1.30. The van der Waals surface area contributed by atoms with E-state index in [0.717, 1.165) is 12.0 Å². The summed E-state index contributed by atoms with van der Waals surface area (Å²) in [6, 6.07) is 5.68. The molecule has 1 aromatic carbocycles. The molecule has 0 aromatic heterocycles. The minimum atomic E-state index is -0.168. The van der Waals surface area contributed by atoms with Gasteiger partial charge in [0.15, 0.2) is 0 Å². The van der Waals surface area contributed by atoms with E-state index in [1.807, 2.05) is 32.0 Å². The average Bonchev–Trinajstić information content (AvgIpc) is 2.30. The number of hydrogen-bond donors (Lipinski definition) is 1. The molecular formula is C12H16BrNO2. The lowest BCUT2D eigenvalue weighted by atomic mass is 10.2. The molecule has 0 spiro atoms. The first kappa shape index (κ1) is 13.0. The van der Waals surface area contributed by atoms with Gasteiger partial charge in [-0.15, -0.1) is 0 Å². The minimum Gasteiger partial charge on any atom is -0.495 e. The van der Waals surface area contributed by atoms with Gasteiger partial charge in [0.1, 0.15) is 5.75 Å². The molecule has 0 saturated carbocycles. The van der Waals surface area contributed by atoms with Gasteiger partial charge < -0.3 is 10.1 Å². The van der Waals surface area contributed by atoms with Crippen LogP contribution in [0.5, 0.6) is 5.75 Å². The number of hydrogen-bond acceptors (Lipinski definition) is 2. The van der Waals surface area contributed by atoms with Gasteiger partial charge in [0, 0.05) is 0 Å². The molecule has 1 N–H and O–H groups in total. The van der Waals surface area contributed by atoms with Gasteiger partial charge in [-0.05, 0) is 31.0 Å². The number of nitrogens with one attached hydrogen (secondary N) is 1. The van der Waals surface area contributed by atoms with E-state index in [-0.39, 0.29) is 10.7 Å². The summed E-state index contributed by atoms with van der Waals surface area (Å²) in [6.07, 6.45) is 0.750. The number of halogens is 1. The molecule has 1 atom stereocenters. The maximum absolute atomic E-state index is 11.7. The third-order valence-corrected chi connectivity index (χ3v) is 3.32. The van der Waals surface area contributed by atoms with Crippen LogP contribution in [0.15, 0.2) is 18.2 Å². The Bertz CT molecular complexity index is 379. The van der Waals surface area contributed by atoms with Gasteiger partial charge in [-0.25, -0.2) is 0 Å². The van der Waals surface area contributed by atoms with Crippen LogP contribution in [0.4, 0.5) is 5.69 Å². The molecule has 3 nitrogen and oxygen atoms in total. The van der Waals surface area contributed by atoms with Crippen molar-refractivity contribution in [3.63, 3.8) is 0 Å². The number of ether oxygens (including phenoxy) is 1. The van der Waals surface area contributed by atoms with Crippen LogP contribution in [-0.4, -0.2) is 17.8 Å². The molecule has 0 aliphatic rings. The van der Waals surface area contributed by atoms with Crippen LogP contribution >= 0.6 is 15.9 Å². The topological polar surface area (TPSA) is 38.3 Å². The Morgan fingerprint density at radius 2 is 2.25 bits per heavy atom. The first-order chi connectivity index (χ1) is 7.58. The van der Waals surface area contributed by atoms with Crippen molar-refractivity contribution in [2.75, 3.05) is 12.4 Å². The molecule has 4 heteroatoms. The number of anilines is 1. The van der Waals surface area contributed by atoms with Crippen molar-refractivity contribution in [1.29, 1.82) is 0 Å². The summed E-state index contributed by atoms with van der Waals surface area (Å²) in [5.41, 5.74) is 1.80. The van der Waals surface area contributed by atoms with Crippen molar-refractivity contribution in [3.05, 3.63) is 23.8 Å². The number of carbonyl (C=O) groups is 1. The molecule has 0 radical (unpaired) electrons. The fraction of sp³-hybridized carbons (Fsp3) is 0.417. The summed E-state index contributed by atoms with van der Waals surface area (Å²) in [4.78, 5) is 11.5. The van der Waals surface area contributed by atoms with E-state index in [2.05, 4.69) is 21.2 Å². The number of benzene rings is 1. The Morgan fingerprint density at radius 3 is 2.81 bits per heavy atom. The molecule has 0 aliphatic heterocycles. The minimum absolute atomic E-state index is 0.0512. The highest BCUT2D eigenvalue weighted by atomic mass is 79.9. The van der Waals surface area contributed by atoms with Crippen LogP contribution in [0.2, 0.25) is 0 Å². The highest BCUT2D eigenvalue weighted by Gasteiger charge is 2.14. The van der Waals surface area contributed by atoms with Crippen molar-refractivity contribution in [1.82, 2.24) is 0 Å². The first-order valence-corrected chi connectivity index (χ1v) is 6.09. The highest BCUT2D eigenvalue weighted by Crippen LogP contribution is 2.25. The molecule has 88 valence electrons. The van der Waals surface area contributed by atoms with Gasteiger partial charge in [0.05, 0.1) is 17.6 Å². The van der Waals surface area contributed by atoms with Crippen molar-refractivity contribution < 1.29 is 9.53 Å². The molecule has 0 heterocycles. The van der Waals surface area contributed by atoms with E-state index in [1.165, 1.54) is 0 Å². The van der Waals surface area contributed by atoms with E-state index in [4.69, 9.17) is 4.74 Å². The van der Waals surface area contributed by atoms with Crippen LogP contribution in [0.3, 0.4) is 0 Å². The van der Waals surface area contributed by atoms with Crippen LogP contribution in [-0.2, 0) is 4.79 Å². The number of rotatable bonds is 4. The number of amides is 1. The van der Waals surface area contributed by atoms with E-state index in [1.54, 1.807) is 7.11 Å². The lowest BCUT2D eigenvalue weighted by Gasteiger charge is -2.12. The lowest BCUT2D eigenvalue weighted by Crippen LogP contribution is -2.22. The Morgan fingerprint density at radius 1 is 1.56 bits per heavy atom. The van der Waals surface area contributed by atoms with Crippen molar-refractivity contribution in [2.24, 2.45) is 0 Å². The quantitative estimate of drug-likeness (QED) is 0.864. The number of methoxy groups -OCH3 is 1. The first-order valence-electron chi connectivity index (χ1n) is 5.18. The molecule has 0 saturated heterocycles. The van der Waals surface area contributed by atoms with Gasteiger partial charge >= 0.3 is 0 Å². The van der Waals surface area contributed by atoms with Crippen molar-refractivity contribution in [3.8, 4) is 5.75 Å². The molecule has 1 unspecified atom stereocenters. The zero-order valence-electron chi connectivity index (χ0n) is 9.71. The Kier molecular flexibility index (Phi) is 4.80. The standard InChI is InChI=1S/C12H16BrNO2/c1-4-9(13)12(15)14-10-6-5-8(2)7-11(10)16-3/h5-7,9H,4H2,1-3H3,(H,14,15). The van der Waals surface area contributed by atoms with E-state index in [0.29, 0.717) is 11.4 Å². The maximum atomic E-state index is 11.7. The largest absolute Gasteiger partial charge is 0.495 e. The van der Waals surface area contributed by atoms with Crippen molar-refractivity contribution in [2.45, 2.75) is 25.1 Å². The summed E-state index contributed by atoms with van der Waals surface area (Å²) in [5, 5.41) is 2.83. The Labute approximate surface area is 104 Å². The second kappa shape index (κ2) is 5.89. The Balaban J connectivity index is 2.84. The molecule has 1 amide bonds. The maximum Gasteiger partial charge on any atom is 0.238 e. The predicted octanol–water partition coefficient (Wildman–Crippen LogP) is 3.12. The predicted molar refractivity (Wildman–Crippen MR) is 69.4 cm³/mol. The van der Waals surface area contributed by atoms with Crippen molar-refractivity contribution >= 4 is 27.5 Å². The van der Waals surface area contributed by atoms with E-state index < -0.39 is 0 Å². The van der Waals surface area contributed by atoms with Crippen LogP contribution in [0.1, 0.15) is 18.9 Å². The second-order valence-corrected chi connectivity index (χ2v) is 4.67. The van der Waals surface area contributed by atoms with Crippen LogP contribution in [0.25, 0.3) is 0 Å². The van der Waals surface area contributed by atoms with Gasteiger partial charge in [0.2, 0.25) is 5.91 Å². The molecule has 0 aliphatic carbocycles. The second-order valence-electron chi connectivity index (χ2n) is 3.57. The van der Waals surface area contributed by atoms with E-state index >= 15 is 0 Å². The van der Waals surface area contributed by atoms with Gasteiger partial charge in [0.25, 0.3) is 0 Å². The summed E-state index contributed by atoms with van der Waals surface area (Å²) in [6.45, 7) is 3.93. The van der Waals surface area contributed by atoms with Crippen LogP contribution in [0, 0.1) is 6.92 Å². The summed E-state index contributed by atoms with van der Waals surface area (Å²) in [7, 11) is 1.59. The molecule has 0 fully saturated rings. The number of carbonyl (C=O) groups excluding carboxylic acids is 1. The monoisotopic (exact) mass is 285 g/mol. The zero-order chi connectivity index (χ0) is 12.1. The summed E-state index contributed by atoms with van der Waals surface area (Å²) >= 11 is 3.31. The smallest absolute Gasteiger partial charge is 0.238 e. The molecule has 0 bridgehead atoms. The molecular weight excluding hydrogens is 270 g/mol. The molecule has 1 rings (SSSR count). The van der Waals surface area contributed by atoms with Gasteiger partial charge in [-0.2, -0.15) is 0 Å². The molecule has 1 aromatic rings. The summed E-state index contributed by atoms with van der Waals surface area (Å²) in [5.74, 6) is 0.633. The number of aryl methyl sites for hydroxylation is 1. The Hall–Kier alpha value is -1.03. The van der Waals surface area contributed by atoms with Gasteiger partial charge in [-0.1, -0.05) is 28.9 Å². The highest BCUT2D eigenvalue weighted by molar-refractivity contribution is 9.10. The lowest BCUT2D eigenvalue weighted by molar-refractivity contribution is -0.115. The summed E-state index contributed by atoms with van der Waals surface area (Å²) < 4.78 is 5.21. The zero-order valence-corrected chi connectivity index (χ0v) is 11.3. The van der Waals surface area contributed by atoms with Gasteiger partial charge in [-0.3, -0.25) is 4.79 Å².